The van der Waals surface area contributed by atoms with Gasteiger partial charge in [-0.15, -0.1) is 0 Å². The average molecular weight is 220 g/mol. The SMILES string of the molecule is O=C1C=C(C2CCCCC2)OC12CCCC2. The molecule has 0 radical (unpaired) electrons. The van der Waals surface area contributed by atoms with Gasteiger partial charge in [0, 0.05) is 12.0 Å². The highest BCUT2D eigenvalue weighted by Crippen LogP contribution is 2.44. The Morgan fingerprint density at radius 1 is 1.06 bits per heavy atom. The van der Waals surface area contributed by atoms with Crippen LogP contribution < -0.4 is 0 Å². The van der Waals surface area contributed by atoms with Gasteiger partial charge in [-0.25, -0.2) is 0 Å². The van der Waals surface area contributed by atoms with Crippen molar-refractivity contribution in [3.05, 3.63) is 11.8 Å². The molecule has 1 aliphatic heterocycles. The van der Waals surface area contributed by atoms with E-state index in [2.05, 4.69) is 0 Å². The van der Waals surface area contributed by atoms with E-state index in [9.17, 15) is 4.79 Å². The summed E-state index contributed by atoms with van der Waals surface area (Å²) >= 11 is 0. The largest absolute Gasteiger partial charge is 0.483 e. The zero-order valence-corrected chi connectivity index (χ0v) is 9.84. The fraction of sp³-hybridized carbons (Fsp3) is 0.786. The topological polar surface area (TPSA) is 26.3 Å². The van der Waals surface area contributed by atoms with E-state index in [0.29, 0.717) is 5.92 Å². The van der Waals surface area contributed by atoms with Crippen molar-refractivity contribution in [1.29, 1.82) is 0 Å². The molecule has 2 nitrogen and oxygen atoms in total. The minimum Gasteiger partial charge on any atom is -0.483 e. The van der Waals surface area contributed by atoms with Crippen LogP contribution in [0, 0.1) is 5.92 Å². The maximum Gasteiger partial charge on any atom is 0.202 e. The van der Waals surface area contributed by atoms with Crippen LogP contribution in [0.15, 0.2) is 11.8 Å². The summed E-state index contributed by atoms with van der Waals surface area (Å²) in [6.07, 6.45) is 12.4. The first-order valence-corrected chi connectivity index (χ1v) is 6.75. The monoisotopic (exact) mass is 220 g/mol. The predicted octanol–water partition coefficient (Wildman–Crippen LogP) is 3.36. The van der Waals surface area contributed by atoms with E-state index in [4.69, 9.17) is 4.74 Å². The minimum atomic E-state index is -0.410. The summed E-state index contributed by atoms with van der Waals surface area (Å²) in [6.45, 7) is 0. The van der Waals surface area contributed by atoms with Crippen LogP contribution in [0.2, 0.25) is 0 Å². The van der Waals surface area contributed by atoms with Gasteiger partial charge in [0.1, 0.15) is 5.76 Å². The Labute approximate surface area is 97.1 Å². The lowest BCUT2D eigenvalue weighted by Gasteiger charge is -2.27. The highest BCUT2D eigenvalue weighted by Gasteiger charge is 2.47. The summed E-state index contributed by atoms with van der Waals surface area (Å²) in [5.74, 6) is 1.81. The predicted molar refractivity (Wildman–Crippen MR) is 61.9 cm³/mol. The first-order valence-electron chi connectivity index (χ1n) is 6.75. The van der Waals surface area contributed by atoms with E-state index in [1.54, 1.807) is 0 Å². The molecule has 0 aromatic heterocycles. The van der Waals surface area contributed by atoms with Crippen molar-refractivity contribution in [2.75, 3.05) is 0 Å². The molecule has 1 heterocycles. The molecule has 1 spiro atoms. The maximum absolute atomic E-state index is 12.1. The zero-order valence-electron chi connectivity index (χ0n) is 9.84. The molecule has 3 aliphatic rings. The molecule has 3 rings (SSSR count). The van der Waals surface area contributed by atoms with Gasteiger partial charge in [0.25, 0.3) is 0 Å². The second kappa shape index (κ2) is 3.90. The van der Waals surface area contributed by atoms with E-state index in [1.807, 2.05) is 6.08 Å². The molecule has 16 heavy (non-hydrogen) atoms. The molecule has 2 fully saturated rings. The number of allylic oxidation sites excluding steroid dienone is 1. The highest BCUT2D eigenvalue weighted by molar-refractivity contribution is 5.99. The van der Waals surface area contributed by atoms with Crippen LogP contribution >= 0.6 is 0 Å². The van der Waals surface area contributed by atoms with E-state index >= 15 is 0 Å². The van der Waals surface area contributed by atoms with E-state index in [1.165, 1.54) is 32.1 Å². The lowest BCUT2D eigenvalue weighted by molar-refractivity contribution is -0.130. The Kier molecular flexibility index (Phi) is 2.53. The van der Waals surface area contributed by atoms with Crippen LogP contribution in [0.5, 0.6) is 0 Å². The van der Waals surface area contributed by atoms with Gasteiger partial charge in [-0.05, 0) is 38.5 Å². The van der Waals surface area contributed by atoms with Crippen molar-refractivity contribution in [2.45, 2.75) is 63.4 Å². The third-order valence-corrected chi connectivity index (χ3v) is 4.45. The number of carbonyl (C=O) groups is 1. The van der Waals surface area contributed by atoms with Gasteiger partial charge in [0.15, 0.2) is 5.60 Å². The molecule has 2 saturated carbocycles. The Morgan fingerprint density at radius 2 is 1.75 bits per heavy atom. The summed E-state index contributed by atoms with van der Waals surface area (Å²) in [4.78, 5) is 12.1. The third-order valence-electron chi connectivity index (χ3n) is 4.45. The lowest BCUT2D eigenvalue weighted by Crippen LogP contribution is -2.33. The van der Waals surface area contributed by atoms with E-state index in [0.717, 1.165) is 31.4 Å². The summed E-state index contributed by atoms with van der Waals surface area (Å²) in [5.41, 5.74) is -0.410. The molecule has 0 saturated heterocycles. The molecule has 0 unspecified atom stereocenters. The lowest BCUT2D eigenvalue weighted by atomic mass is 9.88. The first-order chi connectivity index (χ1) is 7.80. The fourth-order valence-corrected chi connectivity index (χ4v) is 3.45. The zero-order chi connectivity index (χ0) is 11.0. The van der Waals surface area contributed by atoms with Crippen LogP contribution in [0.25, 0.3) is 0 Å². The number of carbonyl (C=O) groups excluding carboxylic acids is 1. The van der Waals surface area contributed by atoms with Crippen molar-refractivity contribution in [2.24, 2.45) is 5.92 Å². The van der Waals surface area contributed by atoms with Gasteiger partial charge in [-0.3, -0.25) is 4.79 Å². The summed E-state index contributed by atoms with van der Waals surface area (Å²) in [5, 5.41) is 0. The fourth-order valence-electron chi connectivity index (χ4n) is 3.45. The second-order valence-electron chi connectivity index (χ2n) is 5.55. The van der Waals surface area contributed by atoms with Crippen molar-refractivity contribution in [1.82, 2.24) is 0 Å². The molecule has 2 heteroatoms. The number of hydrogen-bond acceptors (Lipinski definition) is 2. The van der Waals surface area contributed by atoms with Gasteiger partial charge in [0.2, 0.25) is 5.78 Å². The quantitative estimate of drug-likeness (QED) is 0.677. The number of rotatable bonds is 1. The summed E-state index contributed by atoms with van der Waals surface area (Å²) < 4.78 is 6.07. The number of hydrogen-bond donors (Lipinski definition) is 0. The van der Waals surface area contributed by atoms with Crippen LogP contribution in [0.1, 0.15) is 57.8 Å². The van der Waals surface area contributed by atoms with Crippen LogP contribution in [0.4, 0.5) is 0 Å². The first kappa shape index (κ1) is 10.4. The number of ketones is 1. The minimum absolute atomic E-state index is 0.255. The van der Waals surface area contributed by atoms with Crippen LogP contribution in [-0.4, -0.2) is 11.4 Å². The average Bonchev–Trinajstić information content (AvgIpc) is 2.91. The Hall–Kier alpha value is -0.790. The van der Waals surface area contributed by atoms with E-state index in [-0.39, 0.29) is 5.78 Å². The molecular weight excluding hydrogens is 200 g/mol. The second-order valence-corrected chi connectivity index (χ2v) is 5.55. The molecular formula is C14H20O2. The van der Waals surface area contributed by atoms with Crippen molar-refractivity contribution < 1.29 is 9.53 Å². The summed E-state index contributed by atoms with van der Waals surface area (Å²) in [7, 11) is 0. The standard InChI is InChI=1S/C14H20O2/c15-13-10-12(11-6-2-1-3-7-11)16-14(13)8-4-5-9-14/h10-11H,1-9H2. The van der Waals surface area contributed by atoms with Crippen LogP contribution in [0.3, 0.4) is 0 Å². The number of ether oxygens (including phenoxy) is 1. The normalized spacial score (nSPS) is 29.5. The van der Waals surface area contributed by atoms with Gasteiger partial charge < -0.3 is 4.74 Å². The van der Waals surface area contributed by atoms with Gasteiger partial charge >= 0.3 is 0 Å². The molecule has 0 atom stereocenters. The molecule has 0 amide bonds. The summed E-state index contributed by atoms with van der Waals surface area (Å²) in [6, 6.07) is 0. The highest BCUT2D eigenvalue weighted by atomic mass is 16.5. The Bertz CT molecular complexity index is 318. The molecule has 0 N–H and O–H groups in total. The van der Waals surface area contributed by atoms with Gasteiger partial charge in [-0.1, -0.05) is 19.3 Å². The molecule has 88 valence electrons. The molecule has 0 aromatic rings. The van der Waals surface area contributed by atoms with Gasteiger partial charge in [0.05, 0.1) is 0 Å². The van der Waals surface area contributed by atoms with Gasteiger partial charge in [-0.2, -0.15) is 0 Å². The maximum atomic E-state index is 12.1. The van der Waals surface area contributed by atoms with Crippen molar-refractivity contribution in [3.63, 3.8) is 0 Å². The van der Waals surface area contributed by atoms with Crippen molar-refractivity contribution in [3.8, 4) is 0 Å². The molecule has 2 aliphatic carbocycles. The Morgan fingerprint density at radius 3 is 2.44 bits per heavy atom. The Balaban J connectivity index is 1.74. The molecule has 0 aromatic carbocycles. The molecule has 0 bridgehead atoms. The van der Waals surface area contributed by atoms with Crippen LogP contribution in [-0.2, 0) is 9.53 Å². The van der Waals surface area contributed by atoms with E-state index < -0.39 is 5.60 Å². The third kappa shape index (κ3) is 1.59. The smallest absolute Gasteiger partial charge is 0.202 e. The van der Waals surface area contributed by atoms with Crippen molar-refractivity contribution >= 4 is 5.78 Å².